The number of nitrogens with one attached hydrogen (secondary N) is 1. The Morgan fingerprint density at radius 2 is 2.04 bits per heavy atom. The molecular weight excluding hydrogens is 361 g/mol. The molecule has 1 N–H and O–H groups in total. The molecule has 1 aliphatic heterocycles. The lowest BCUT2D eigenvalue weighted by molar-refractivity contribution is -0.131. The Morgan fingerprint density at radius 1 is 1.21 bits per heavy atom. The molecule has 1 aliphatic rings. The largest absolute Gasteiger partial charge is 0.348 e. The summed E-state index contributed by atoms with van der Waals surface area (Å²) in [5.74, 6) is 0.145. The van der Waals surface area contributed by atoms with Gasteiger partial charge in [0, 0.05) is 30.9 Å². The van der Waals surface area contributed by atoms with Gasteiger partial charge in [-0.05, 0) is 49.2 Å². The summed E-state index contributed by atoms with van der Waals surface area (Å²) >= 11 is 0. The first-order valence-corrected chi connectivity index (χ1v) is 9.23. The zero-order chi connectivity index (χ0) is 19.5. The minimum Gasteiger partial charge on any atom is -0.342 e. The number of piperidine rings is 1. The Morgan fingerprint density at radius 3 is 2.79 bits per heavy atom. The van der Waals surface area contributed by atoms with Crippen LogP contribution in [0, 0.1) is 5.82 Å². The molecule has 0 spiro atoms. The van der Waals surface area contributed by atoms with Crippen molar-refractivity contribution in [2.24, 2.45) is 0 Å². The summed E-state index contributed by atoms with van der Waals surface area (Å²) in [6.45, 7) is 1.19. The summed E-state index contributed by atoms with van der Waals surface area (Å²) in [6, 6.07) is 11.1. The van der Waals surface area contributed by atoms with E-state index in [4.69, 9.17) is 0 Å². The van der Waals surface area contributed by atoms with Gasteiger partial charge in [-0.1, -0.05) is 6.07 Å². The van der Waals surface area contributed by atoms with Crippen molar-refractivity contribution in [3.63, 3.8) is 0 Å². The molecule has 1 amide bonds. The summed E-state index contributed by atoms with van der Waals surface area (Å²) in [6.07, 6.45) is 3.61. The van der Waals surface area contributed by atoms with Crippen molar-refractivity contribution < 1.29 is 9.18 Å². The van der Waals surface area contributed by atoms with Gasteiger partial charge < -0.3 is 4.90 Å². The first kappa shape index (κ1) is 18.1. The monoisotopic (exact) mass is 381 g/mol. The molecule has 0 saturated carbocycles. The van der Waals surface area contributed by atoms with E-state index in [1.54, 1.807) is 11.1 Å². The maximum Gasteiger partial charge on any atom is 0.348 e. The molecule has 0 radical (unpaired) electrons. The number of nitrogens with zero attached hydrogens (tertiary/aromatic N) is 4. The van der Waals surface area contributed by atoms with Crippen LogP contribution in [0.5, 0.6) is 0 Å². The van der Waals surface area contributed by atoms with Crippen LogP contribution in [-0.2, 0) is 11.2 Å². The minimum absolute atomic E-state index is 0.0173. The van der Waals surface area contributed by atoms with E-state index in [1.807, 2.05) is 18.2 Å². The third-order valence-corrected chi connectivity index (χ3v) is 4.93. The van der Waals surface area contributed by atoms with Crippen LogP contribution in [0.3, 0.4) is 0 Å². The normalized spacial score (nSPS) is 16.9. The number of carbonyl (C=O) groups is 1. The quantitative estimate of drug-likeness (QED) is 0.750. The van der Waals surface area contributed by atoms with Crippen LogP contribution >= 0.6 is 0 Å². The van der Waals surface area contributed by atoms with E-state index in [0.717, 1.165) is 18.5 Å². The van der Waals surface area contributed by atoms with Gasteiger partial charge in [0.2, 0.25) is 5.91 Å². The Balaban J connectivity index is 1.49. The van der Waals surface area contributed by atoms with Crippen LogP contribution in [0.4, 0.5) is 4.39 Å². The SMILES string of the molecule is O=C(Cc1ccccn1)N1CCCC(c2nn(-c3ccc(F)cc3)c(=O)[nH]2)C1. The molecule has 28 heavy (non-hydrogen) atoms. The lowest BCUT2D eigenvalue weighted by Gasteiger charge is -2.31. The predicted octanol–water partition coefficient (Wildman–Crippen LogP) is 2.04. The Hall–Kier alpha value is -3.29. The molecule has 144 valence electrons. The van der Waals surface area contributed by atoms with E-state index >= 15 is 0 Å². The molecule has 3 aromatic rings. The second kappa shape index (κ2) is 7.75. The molecule has 4 rings (SSSR count). The molecule has 0 aliphatic carbocycles. The van der Waals surface area contributed by atoms with Crippen LogP contribution in [0.25, 0.3) is 5.69 Å². The Labute approximate surface area is 160 Å². The molecule has 1 fully saturated rings. The highest BCUT2D eigenvalue weighted by Crippen LogP contribution is 2.24. The fourth-order valence-electron chi connectivity index (χ4n) is 3.48. The van der Waals surface area contributed by atoms with E-state index in [1.165, 1.54) is 28.9 Å². The Kier molecular flexibility index (Phi) is 5.01. The summed E-state index contributed by atoms with van der Waals surface area (Å²) in [5.41, 5.74) is 0.856. The number of amides is 1. The van der Waals surface area contributed by atoms with Gasteiger partial charge in [0.15, 0.2) is 0 Å². The number of hydrogen-bond donors (Lipinski definition) is 1. The zero-order valence-corrected chi connectivity index (χ0v) is 15.2. The van der Waals surface area contributed by atoms with Gasteiger partial charge in [-0.25, -0.2) is 9.18 Å². The second-order valence-corrected chi connectivity index (χ2v) is 6.88. The fraction of sp³-hybridized carbons (Fsp3) is 0.300. The van der Waals surface area contributed by atoms with Gasteiger partial charge in [0.1, 0.15) is 11.6 Å². The highest BCUT2D eigenvalue weighted by atomic mass is 19.1. The smallest absolute Gasteiger partial charge is 0.342 e. The van der Waals surface area contributed by atoms with Crippen molar-refractivity contribution in [2.45, 2.75) is 25.2 Å². The number of carbonyl (C=O) groups excluding carboxylic acids is 1. The zero-order valence-electron chi connectivity index (χ0n) is 15.2. The summed E-state index contributed by atoms with van der Waals surface area (Å²) in [4.78, 5) is 33.7. The van der Waals surface area contributed by atoms with E-state index < -0.39 is 0 Å². The lowest BCUT2D eigenvalue weighted by atomic mass is 9.97. The first-order chi connectivity index (χ1) is 13.6. The number of aromatic amines is 1. The lowest BCUT2D eigenvalue weighted by Crippen LogP contribution is -2.40. The van der Waals surface area contributed by atoms with E-state index in [9.17, 15) is 14.0 Å². The van der Waals surface area contributed by atoms with Crippen LogP contribution in [-0.4, -0.2) is 43.6 Å². The topological polar surface area (TPSA) is 83.9 Å². The van der Waals surface area contributed by atoms with Gasteiger partial charge in [0.05, 0.1) is 12.1 Å². The molecule has 1 unspecified atom stereocenters. The van der Waals surface area contributed by atoms with Gasteiger partial charge >= 0.3 is 5.69 Å². The highest BCUT2D eigenvalue weighted by Gasteiger charge is 2.27. The van der Waals surface area contributed by atoms with Crippen molar-refractivity contribution in [3.8, 4) is 5.69 Å². The molecule has 3 heterocycles. The fourth-order valence-corrected chi connectivity index (χ4v) is 3.48. The van der Waals surface area contributed by atoms with Crippen LogP contribution < -0.4 is 5.69 Å². The molecule has 1 atom stereocenters. The standard InChI is InChI=1S/C20H20FN5O2/c21-15-6-8-17(9-7-15)26-20(28)23-19(24-26)14-4-3-11-25(13-14)18(27)12-16-5-1-2-10-22-16/h1-2,5-10,14H,3-4,11-13H2,(H,23,24,28). The number of likely N-dealkylation sites (tertiary alicyclic amines) is 1. The molecule has 7 nitrogen and oxygen atoms in total. The van der Waals surface area contributed by atoms with Crippen molar-refractivity contribution in [1.29, 1.82) is 0 Å². The Bertz CT molecular complexity index is 1010. The van der Waals surface area contributed by atoms with Gasteiger partial charge in [-0.2, -0.15) is 4.68 Å². The van der Waals surface area contributed by atoms with Crippen molar-refractivity contribution in [2.75, 3.05) is 13.1 Å². The van der Waals surface area contributed by atoms with E-state index in [-0.39, 0.29) is 29.8 Å². The number of H-pyrrole nitrogens is 1. The van der Waals surface area contributed by atoms with E-state index in [0.29, 0.717) is 24.6 Å². The van der Waals surface area contributed by atoms with Crippen LogP contribution in [0.15, 0.2) is 53.5 Å². The number of halogens is 1. The average Bonchev–Trinajstić information content (AvgIpc) is 3.11. The first-order valence-electron chi connectivity index (χ1n) is 9.23. The molecule has 0 bridgehead atoms. The van der Waals surface area contributed by atoms with Gasteiger partial charge in [-0.3, -0.25) is 14.8 Å². The average molecular weight is 381 g/mol. The highest BCUT2D eigenvalue weighted by molar-refractivity contribution is 5.78. The third-order valence-electron chi connectivity index (χ3n) is 4.93. The van der Waals surface area contributed by atoms with Gasteiger partial charge in [0.25, 0.3) is 0 Å². The number of hydrogen-bond acceptors (Lipinski definition) is 4. The van der Waals surface area contributed by atoms with Crippen molar-refractivity contribution >= 4 is 5.91 Å². The minimum atomic E-state index is -0.376. The summed E-state index contributed by atoms with van der Waals surface area (Å²) < 4.78 is 14.3. The van der Waals surface area contributed by atoms with Crippen LogP contribution in [0.1, 0.15) is 30.3 Å². The summed E-state index contributed by atoms with van der Waals surface area (Å²) in [5, 5.41) is 4.39. The van der Waals surface area contributed by atoms with Crippen molar-refractivity contribution in [3.05, 3.63) is 76.5 Å². The van der Waals surface area contributed by atoms with Crippen molar-refractivity contribution in [1.82, 2.24) is 24.6 Å². The van der Waals surface area contributed by atoms with Gasteiger partial charge in [-0.15, -0.1) is 5.10 Å². The maximum atomic E-state index is 13.1. The predicted molar refractivity (Wildman–Crippen MR) is 101 cm³/mol. The number of aromatic nitrogens is 4. The number of benzene rings is 1. The molecule has 1 saturated heterocycles. The second-order valence-electron chi connectivity index (χ2n) is 6.88. The van der Waals surface area contributed by atoms with Crippen LogP contribution in [0.2, 0.25) is 0 Å². The molecule has 1 aromatic carbocycles. The molecule has 8 heteroatoms. The molecular formula is C20H20FN5O2. The molecule has 2 aromatic heterocycles. The third kappa shape index (κ3) is 3.85. The number of pyridine rings is 1. The maximum absolute atomic E-state index is 13.1. The van der Waals surface area contributed by atoms with E-state index in [2.05, 4.69) is 15.1 Å². The summed E-state index contributed by atoms with van der Waals surface area (Å²) in [7, 11) is 0. The number of rotatable bonds is 4.